The van der Waals surface area contributed by atoms with E-state index < -0.39 is 0 Å². The largest absolute Gasteiger partial charge is 0.489 e. The number of likely N-dealkylation sites (tertiary alicyclic amines) is 1. The summed E-state index contributed by atoms with van der Waals surface area (Å²) in [5.41, 5.74) is 3.17. The Balaban J connectivity index is 1.47. The Hall–Kier alpha value is -2.64. The minimum atomic E-state index is -0.301. The molecule has 4 rings (SSSR count). The third-order valence-corrected chi connectivity index (χ3v) is 6.13. The van der Waals surface area contributed by atoms with Crippen LogP contribution in [0.15, 0.2) is 12.1 Å². The number of ether oxygens (including phenoxy) is 2. The van der Waals surface area contributed by atoms with E-state index in [-0.39, 0.29) is 24.2 Å². The number of aromatic nitrogens is 4. The van der Waals surface area contributed by atoms with Crippen LogP contribution in [0.25, 0.3) is 11.4 Å². The second-order valence-electron chi connectivity index (χ2n) is 9.46. The molecule has 2 fully saturated rings. The van der Waals surface area contributed by atoms with Crippen LogP contribution in [0.3, 0.4) is 0 Å². The second-order valence-corrected chi connectivity index (χ2v) is 9.46. The molecule has 8 heteroatoms. The Morgan fingerprint density at radius 1 is 1.19 bits per heavy atom. The zero-order valence-electron chi connectivity index (χ0n) is 19.1. The van der Waals surface area contributed by atoms with Gasteiger partial charge in [0.1, 0.15) is 23.7 Å². The third-order valence-electron chi connectivity index (χ3n) is 6.13. The highest BCUT2D eigenvalue weighted by Crippen LogP contribution is 2.31. The molecule has 0 aromatic carbocycles. The second kappa shape index (κ2) is 8.85. The van der Waals surface area contributed by atoms with Crippen LogP contribution in [0.2, 0.25) is 0 Å². The van der Waals surface area contributed by atoms with Gasteiger partial charge in [0.05, 0.1) is 17.5 Å². The Morgan fingerprint density at radius 3 is 2.61 bits per heavy atom. The summed E-state index contributed by atoms with van der Waals surface area (Å²) in [5, 5.41) is 8.43. The fraction of sp³-hybridized carbons (Fsp3) is 0.652. The minimum absolute atomic E-state index is 0.109. The van der Waals surface area contributed by atoms with Gasteiger partial charge in [-0.25, -0.2) is 14.5 Å². The smallest absolute Gasteiger partial charge is 0.410 e. The van der Waals surface area contributed by atoms with Crippen molar-refractivity contribution in [3.8, 4) is 17.1 Å². The molecule has 0 atom stereocenters. The molecule has 2 aromatic rings. The highest BCUT2D eigenvalue weighted by molar-refractivity contribution is 5.69. The van der Waals surface area contributed by atoms with E-state index in [1.165, 1.54) is 19.3 Å². The van der Waals surface area contributed by atoms with E-state index in [1.807, 2.05) is 12.1 Å². The van der Waals surface area contributed by atoms with Crippen molar-refractivity contribution in [1.82, 2.24) is 24.9 Å². The fourth-order valence-corrected chi connectivity index (χ4v) is 4.42. The average molecular weight is 428 g/mol. The topological polar surface area (TPSA) is 82.4 Å². The van der Waals surface area contributed by atoms with E-state index in [0.717, 1.165) is 42.1 Å². The molecule has 8 nitrogen and oxygen atoms in total. The van der Waals surface area contributed by atoms with Crippen LogP contribution >= 0.6 is 0 Å². The van der Waals surface area contributed by atoms with E-state index in [4.69, 9.17) is 14.5 Å². The van der Waals surface area contributed by atoms with Gasteiger partial charge >= 0.3 is 6.09 Å². The van der Waals surface area contributed by atoms with Gasteiger partial charge in [-0.1, -0.05) is 32.4 Å². The number of amides is 1. The number of rotatable bonds is 6. The van der Waals surface area contributed by atoms with Crippen molar-refractivity contribution < 1.29 is 14.3 Å². The number of hydrogen-bond donors (Lipinski definition) is 0. The van der Waals surface area contributed by atoms with Crippen LogP contribution < -0.4 is 4.74 Å². The van der Waals surface area contributed by atoms with Crippen molar-refractivity contribution in [2.45, 2.75) is 72.0 Å². The van der Waals surface area contributed by atoms with Crippen molar-refractivity contribution in [3.05, 3.63) is 23.5 Å². The van der Waals surface area contributed by atoms with E-state index >= 15 is 0 Å². The minimum Gasteiger partial charge on any atom is -0.489 e. The molecule has 2 aliphatic rings. The summed E-state index contributed by atoms with van der Waals surface area (Å²) >= 11 is 0. The molecule has 1 aliphatic carbocycles. The lowest BCUT2D eigenvalue weighted by atomic mass is 9.85. The summed E-state index contributed by atoms with van der Waals surface area (Å²) in [4.78, 5) is 18.9. The molecule has 2 aromatic heterocycles. The molecule has 0 spiro atoms. The maximum Gasteiger partial charge on any atom is 0.410 e. The summed E-state index contributed by atoms with van der Waals surface area (Å²) < 4.78 is 13.4. The van der Waals surface area contributed by atoms with Gasteiger partial charge in [0, 0.05) is 25.6 Å². The van der Waals surface area contributed by atoms with Gasteiger partial charge in [0.15, 0.2) is 0 Å². The maximum atomic E-state index is 12.3. The maximum absolute atomic E-state index is 12.3. The zero-order valence-corrected chi connectivity index (χ0v) is 19.1. The van der Waals surface area contributed by atoms with Crippen molar-refractivity contribution >= 4 is 6.09 Å². The van der Waals surface area contributed by atoms with Gasteiger partial charge in [-0.3, -0.25) is 0 Å². The number of aryl methyl sites for hydroxylation is 2. The van der Waals surface area contributed by atoms with Crippen LogP contribution in [0.1, 0.15) is 64.3 Å². The Bertz CT molecular complexity index is 925. The first-order valence-electron chi connectivity index (χ1n) is 11.3. The Morgan fingerprint density at radius 2 is 1.94 bits per heavy atom. The lowest BCUT2D eigenvalue weighted by molar-refractivity contribution is 0.0132. The van der Waals surface area contributed by atoms with Crippen molar-refractivity contribution in [3.63, 3.8) is 0 Å². The van der Waals surface area contributed by atoms with E-state index in [0.29, 0.717) is 18.8 Å². The van der Waals surface area contributed by atoms with Crippen LogP contribution in [-0.2, 0) is 24.8 Å². The van der Waals surface area contributed by atoms with E-state index in [2.05, 4.69) is 31.1 Å². The standard InChI is InChI=1S/C23H33N5O3/c1-5-17-20(31-16-9-7-6-8-10-16)12-11-18(24-17)21-19(27(4)26-25-21)13-30-22(29)28-14-23(2,3)15-28/h11-12,16H,5-10,13-15H2,1-4H3. The van der Waals surface area contributed by atoms with Gasteiger partial charge in [-0.05, 0) is 44.2 Å². The average Bonchev–Trinajstić information content (AvgIpc) is 3.11. The summed E-state index contributed by atoms with van der Waals surface area (Å²) in [5.74, 6) is 0.857. The molecule has 1 aliphatic heterocycles. The predicted molar refractivity (Wildman–Crippen MR) is 117 cm³/mol. The molecule has 0 unspecified atom stereocenters. The lowest BCUT2D eigenvalue weighted by Crippen LogP contribution is -2.55. The van der Waals surface area contributed by atoms with Crippen LogP contribution in [-0.4, -0.2) is 50.2 Å². The zero-order chi connectivity index (χ0) is 22.0. The number of pyridine rings is 1. The summed E-state index contributed by atoms with van der Waals surface area (Å²) in [6.45, 7) is 7.89. The highest BCUT2D eigenvalue weighted by atomic mass is 16.6. The highest BCUT2D eigenvalue weighted by Gasteiger charge is 2.38. The number of nitrogens with zero attached hydrogens (tertiary/aromatic N) is 5. The summed E-state index contributed by atoms with van der Waals surface area (Å²) in [6.07, 6.45) is 6.73. The molecule has 3 heterocycles. The molecule has 31 heavy (non-hydrogen) atoms. The first-order valence-corrected chi connectivity index (χ1v) is 11.3. The number of carbonyl (C=O) groups excluding carboxylic acids is 1. The van der Waals surface area contributed by atoms with Crippen LogP contribution in [0.4, 0.5) is 4.79 Å². The van der Waals surface area contributed by atoms with Gasteiger partial charge in [0.25, 0.3) is 0 Å². The van der Waals surface area contributed by atoms with Gasteiger partial charge in [-0.2, -0.15) is 0 Å². The molecular weight excluding hydrogens is 394 g/mol. The Labute approximate surface area is 183 Å². The van der Waals surface area contributed by atoms with Crippen molar-refractivity contribution in [2.24, 2.45) is 12.5 Å². The molecule has 1 amide bonds. The molecular formula is C23H33N5O3. The molecule has 0 bridgehead atoms. The summed E-state index contributed by atoms with van der Waals surface area (Å²) in [6, 6.07) is 3.91. The van der Waals surface area contributed by atoms with Crippen molar-refractivity contribution in [1.29, 1.82) is 0 Å². The first-order chi connectivity index (χ1) is 14.9. The van der Waals surface area contributed by atoms with E-state index in [9.17, 15) is 4.79 Å². The molecule has 0 N–H and O–H groups in total. The van der Waals surface area contributed by atoms with Gasteiger partial charge in [0.2, 0.25) is 0 Å². The molecule has 168 valence electrons. The van der Waals surface area contributed by atoms with Gasteiger partial charge in [-0.15, -0.1) is 5.10 Å². The Kier molecular flexibility index (Phi) is 6.16. The predicted octanol–water partition coefficient (Wildman–Crippen LogP) is 4.13. The van der Waals surface area contributed by atoms with Gasteiger partial charge < -0.3 is 14.4 Å². The normalized spacial score (nSPS) is 18.5. The quantitative estimate of drug-likeness (QED) is 0.689. The number of hydrogen-bond acceptors (Lipinski definition) is 6. The third kappa shape index (κ3) is 4.83. The number of carbonyl (C=O) groups is 1. The summed E-state index contributed by atoms with van der Waals surface area (Å²) in [7, 11) is 1.80. The van der Waals surface area contributed by atoms with Crippen LogP contribution in [0, 0.1) is 5.41 Å². The SMILES string of the molecule is CCc1nc(-c2nnn(C)c2COC(=O)N2CC(C)(C)C2)ccc1OC1CCCCC1. The molecule has 1 saturated heterocycles. The van der Waals surface area contributed by atoms with Crippen molar-refractivity contribution in [2.75, 3.05) is 13.1 Å². The van der Waals surface area contributed by atoms with Crippen LogP contribution in [0.5, 0.6) is 5.75 Å². The monoisotopic (exact) mass is 427 g/mol. The molecule has 1 saturated carbocycles. The van der Waals surface area contributed by atoms with E-state index in [1.54, 1.807) is 16.6 Å². The molecule has 0 radical (unpaired) electrons. The first kappa shape index (κ1) is 21.6. The fourth-order valence-electron chi connectivity index (χ4n) is 4.42. The lowest BCUT2D eigenvalue weighted by Gasteiger charge is -2.44.